The summed E-state index contributed by atoms with van der Waals surface area (Å²) < 4.78 is 5.33. The van der Waals surface area contributed by atoms with Crippen LogP contribution in [0.3, 0.4) is 0 Å². The van der Waals surface area contributed by atoms with Crippen LogP contribution in [0.4, 0.5) is 0 Å². The van der Waals surface area contributed by atoms with Crippen LogP contribution in [0.15, 0.2) is 0 Å². The van der Waals surface area contributed by atoms with Crippen molar-refractivity contribution < 1.29 is 9.84 Å². The van der Waals surface area contributed by atoms with Crippen molar-refractivity contribution in [3.63, 3.8) is 0 Å². The molecule has 1 saturated heterocycles. The van der Waals surface area contributed by atoms with E-state index < -0.39 is 0 Å². The average Bonchev–Trinajstić information content (AvgIpc) is 2.03. The zero-order valence-electron chi connectivity index (χ0n) is 9.10. The molecule has 0 aliphatic carbocycles. The maximum absolute atomic E-state index is 9.45. The summed E-state index contributed by atoms with van der Waals surface area (Å²) in [5.74, 6) is 0. The van der Waals surface area contributed by atoms with E-state index in [2.05, 4.69) is 20.8 Å². The lowest BCUT2D eigenvalue weighted by molar-refractivity contribution is -0.0365. The van der Waals surface area contributed by atoms with Gasteiger partial charge < -0.3 is 9.84 Å². The Bertz CT molecular complexity index is 152. The molecule has 0 amide bonds. The van der Waals surface area contributed by atoms with Gasteiger partial charge in [-0.2, -0.15) is 0 Å². The molecular weight excluding hydrogens is 164 g/mol. The molecule has 0 aromatic rings. The van der Waals surface area contributed by atoms with Crippen molar-refractivity contribution in [3.05, 3.63) is 0 Å². The average molecular weight is 186 g/mol. The first-order valence-corrected chi connectivity index (χ1v) is 5.16. The zero-order chi connectivity index (χ0) is 9.95. The molecule has 13 heavy (non-hydrogen) atoms. The highest BCUT2D eigenvalue weighted by Gasteiger charge is 2.35. The predicted molar refractivity (Wildman–Crippen MR) is 53.6 cm³/mol. The van der Waals surface area contributed by atoms with E-state index in [1.165, 1.54) is 0 Å². The standard InChI is InChI=1S/C11H22O2/c1-10(2,3)8-11(9-12)4-6-13-7-5-11/h12H,4-9H2,1-3H3. The number of aliphatic hydroxyl groups is 1. The Balaban J connectivity index is 2.57. The van der Waals surface area contributed by atoms with Crippen molar-refractivity contribution in [2.75, 3.05) is 19.8 Å². The maximum Gasteiger partial charge on any atom is 0.0489 e. The van der Waals surface area contributed by atoms with E-state index in [4.69, 9.17) is 4.74 Å². The minimum atomic E-state index is 0.135. The van der Waals surface area contributed by atoms with Crippen LogP contribution in [-0.2, 0) is 4.74 Å². The fourth-order valence-corrected chi connectivity index (χ4v) is 2.32. The summed E-state index contributed by atoms with van der Waals surface area (Å²) in [5, 5.41) is 9.45. The van der Waals surface area contributed by atoms with E-state index >= 15 is 0 Å². The lowest BCUT2D eigenvalue weighted by Gasteiger charge is -2.40. The number of ether oxygens (including phenoxy) is 1. The second-order valence-corrected chi connectivity index (χ2v) is 5.51. The molecule has 1 fully saturated rings. The number of rotatable bonds is 2. The third-order valence-corrected chi connectivity index (χ3v) is 2.79. The summed E-state index contributed by atoms with van der Waals surface area (Å²) in [6.45, 7) is 8.65. The van der Waals surface area contributed by atoms with Crippen LogP contribution in [-0.4, -0.2) is 24.9 Å². The maximum atomic E-state index is 9.45. The van der Waals surface area contributed by atoms with Crippen LogP contribution in [0, 0.1) is 10.8 Å². The molecule has 1 aliphatic heterocycles. The van der Waals surface area contributed by atoms with Gasteiger partial charge in [-0.15, -0.1) is 0 Å². The largest absolute Gasteiger partial charge is 0.396 e. The fourth-order valence-electron chi connectivity index (χ4n) is 2.32. The zero-order valence-corrected chi connectivity index (χ0v) is 9.10. The van der Waals surface area contributed by atoms with E-state index in [0.29, 0.717) is 12.0 Å². The molecule has 1 N–H and O–H groups in total. The van der Waals surface area contributed by atoms with Crippen molar-refractivity contribution in [3.8, 4) is 0 Å². The monoisotopic (exact) mass is 186 g/mol. The molecule has 1 heterocycles. The Labute approximate surface area is 81.3 Å². The van der Waals surface area contributed by atoms with Crippen molar-refractivity contribution in [2.24, 2.45) is 10.8 Å². The van der Waals surface area contributed by atoms with E-state index in [0.717, 1.165) is 32.5 Å². The van der Waals surface area contributed by atoms with Gasteiger partial charge >= 0.3 is 0 Å². The van der Waals surface area contributed by atoms with Crippen molar-refractivity contribution in [1.29, 1.82) is 0 Å². The van der Waals surface area contributed by atoms with Crippen LogP contribution in [0.25, 0.3) is 0 Å². The molecule has 0 aromatic carbocycles. The molecule has 78 valence electrons. The highest BCUT2D eigenvalue weighted by Crippen LogP contribution is 2.40. The van der Waals surface area contributed by atoms with Gasteiger partial charge in [0.05, 0.1) is 0 Å². The van der Waals surface area contributed by atoms with Crippen molar-refractivity contribution >= 4 is 0 Å². The normalized spacial score (nSPS) is 23.1. The third kappa shape index (κ3) is 3.28. The first-order valence-electron chi connectivity index (χ1n) is 5.16. The summed E-state index contributed by atoms with van der Waals surface area (Å²) in [6.07, 6.45) is 3.13. The molecule has 0 atom stereocenters. The molecule has 0 spiro atoms. The number of aliphatic hydroxyl groups excluding tert-OH is 1. The van der Waals surface area contributed by atoms with Gasteiger partial charge in [-0.1, -0.05) is 20.8 Å². The lowest BCUT2D eigenvalue weighted by Crippen LogP contribution is -2.36. The van der Waals surface area contributed by atoms with Gasteiger partial charge in [0, 0.05) is 19.8 Å². The Hall–Kier alpha value is -0.0800. The smallest absolute Gasteiger partial charge is 0.0489 e. The second-order valence-electron chi connectivity index (χ2n) is 5.51. The molecular formula is C11H22O2. The Kier molecular flexibility index (Phi) is 3.36. The van der Waals surface area contributed by atoms with E-state index in [-0.39, 0.29) is 5.41 Å². The molecule has 0 saturated carbocycles. The quantitative estimate of drug-likeness (QED) is 0.716. The van der Waals surface area contributed by atoms with Gasteiger partial charge in [0.1, 0.15) is 0 Å². The SMILES string of the molecule is CC(C)(C)CC1(CO)CCOCC1. The van der Waals surface area contributed by atoms with Crippen LogP contribution < -0.4 is 0 Å². The molecule has 0 bridgehead atoms. The molecule has 0 unspecified atom stereocenters. The van der Waals surface area contributed by atoms with Crippen molar-refractivity contribution in [2.45, 2.75) is 40.0 Å². The van der Waals surface area contributed by atoms with E-state index in [1.54, 1.807) is 0 Å². The topological polar surface area (TPSA) is 29.5 Å². The highest BCUT2D eigenvalue weighted by atomic mass is 16.5. The Morgan fingerprint density at radius 1 is 1.23 bits per heavy atom. The van der Waals surface area contributed by atoms with Gasteiger partial charge in [-0.05, 0) is 30.1 Å². The molecule has 1 rings (SSSR count). The lowest BCUT2D eigenvalue weighted by atomic mass is 9.70. The molecule has 2 heteroatoms. The predicted octanol–water partition coefficient (Wildman–Crippen LogP) is 2.21. The van der Waals surface area contributed by atoms with E-state index in [1.807, 2.05) is 0 Å². The number of hydrogen-bond donors (Lipinski definition) is 1. The van der Waals surface area contributed by atoms with Gasteiger partial charge in [0.25, 0.3) is 0 Å². The summed E-state index contributed by atoms with van der Waals surface area (Å²) in [7, 11) is 0. The van der Waals surface area contributed by atoms with Gasteiger partial charge in [0.2, 0.25) is 0 Å². The summed E-state index contributed by atoms with van der Waals surface area (Å²) in [5.41, 5.74) is 0.441. The number of hydrogen-bond acceptors (Lipinski definition) is 2. The fraction of sp³-hybridized carbons (Fsp3) is 1.00. The summed E-state index contributed by atoms with van der Waals surface area (Å²) in [4.78, 5) is 0. The van der Waals surface area contributed by atoms with Gasteiger partial charge in [-0.25, -0.2) is 0 Å². The van der Waals surface area contributed by atoms with Crippen molar-refractivity contribution in [1.82, 2.24) is 0 Å². The van der Waals surface area contributed by atoms with Gasteiger partial charge in [-0.3, -0.25) is 0 Å². The van der Waals surface area contributed by atoms with Crippen LogP contribution in [0.1, 0.15) is 40.0 Å². The van der Waals surface area contributed by atoms with Gasteiger partial charge in [0.15, 0.2) is 0 Å². The molecule has 1 aliphatic rings. The highest BCUT2D eigenvalue weighted by molar-refractivity contribution is 4.85. The Morgan fingerprint density at radius 3 is 2.15 bits per heavy atom. The first-order chi connectivity index (χ1) is 5.97. The molecule has 2 nitrogen and oxygen atoms in total. The minimum Gasteiger partial charge on any atom is -0.396 e. The summed E-state index contributed by atoms with van der Waals surface area (Å²) >= 11 is 0. The Morgan fingerprint density at radius 2 is 1.77 bits per heavy atom. The van der Waals surface area contributed by atoms with Crippen LogP contribution in [0.2, 0.25) is 0 Å². The second kappa shape index (κ2) is 3.97. The van der Waals surface area contributed by atoms with E-state index in [9.17, 15) is 5.11 Å². The molecule has 0 radical (unpaired) electrons. The summed E-state index contributed by atoms with van der Waals surface area (Å²) in [6, 6.07) is 0. The minimum absolute atomic E-state index is 0.135. The molecule has 0 aromatic heterocycles. The third-order valence-electron chi connectivity index (χ3n) is 2.79. The first kappa shape index (κ1) is 11.0. The van der Waals surface area contributed by atoms with Crippen LogP contribution in [0.5, 0.6) is 0 Å². The van der Waals surface area contributed by atoms with Crippen LogP contribution >= 0.6 is 0 Å².